The molecule has 0 bridgehead atoms. The zero-order valence-electron chi connectivity index (χ0n) is 13.5. The normalized spacial score (nSPS) is 12.7. The molecule has 0 fully saturated rings. The molecule has 1 rings (SSSR count). The second kappa shape index (κ2) is 9.78. The van der Waals surface area contributed by atoms with Crippen molar-refractivity contribution in [2.45, 2.75) is 38.6 Å². The summed E-state index contributed by atoms with van der Waals surface area (Å²) < 4.78 is 5.43. The molecule has 20 heavy (non-hydrogen) atoms. The van der Waals surface area contributed by atoms with Crippen LogP contribution in [0.1, 0.15) is 31.7 Å². The first-order valence-electron chi connectivity index (χ1n) is 7.65. The zero-order chi connectivity index (χ0) is 14.8. The quantitative estimate of drug-likeness (QED) is 0.666. The first kappa shape index (κ1) is 17.0. The minimum absolute atomic E-state index is 0.538. The summed E-state index contributed by atoms with van der Waals surface area (Å²) in [5.74, 6) is 1.00. The standard InChI is InChI=1S/C17H30N2O/c1-15(19(3)13-9-5-8-12-18-2)14-16-10-6-7-11-17(16)20-4/h6-7,10-11,15,18H,5,8-9,12-14H2,1-4H3. The van der Waals surface area contributed by atoms with Crippen LogP contribution < -0.4 is 10.1 Å². The van der Waals surface area contributed by atoms with Gasteiger partial charge >= 0.3 is 0 Å². The number of hydrogen-bond donors (Lipinski definition) is 1. The predicted octanol–water partition coefficient (Wildman–Crippen LogP) is 2.95. The Morgan fingerprint density at radius 3 is 2.65 bits per heavy atom. The van der Waals surface area contributed by atoms with Gasteiger partial charge in [-0.3, -0.25) is 0 Å². The molecule has 0 saturated heterocycles. The van der Waals surface area contributed by atoms with E-state index in [2.05, 4.69) is 36.3 Å². The molecule has 3 nitrogen and oxygen atoms in total. The first-order chi connectivity index (χ1) is 9.69. The number of likely N-dealkylation sites (N-methyl/N-ethyl adjacent to an activating group) is 1. The van der Waals surface area contributed by atoms with E-state index in [4.69, 9.17) is 4.74 Å². The van der Waals surface area contributed by atoms with Crippen LogP contribution in [0.4, 0.5) is 0 Å². The fraction of sp³-hybridized carbons (Fsp3) is 0.647. The van der Waals surface area contributed by atoms with Crippen molar-refractivity contribution in [2.75, 3.05) is 34.3 Å². The topological polar surface area (TPSA) is 24.5 Å². The first-order valence-corrected chi connectivity index (χ1v) is 7.65. The van der Waals surface area contributed by atoms with Gasteiger partial charge in [-0.1, -0.05) is 24.6 Å². The van der Waals surface area contributed by atoms with Gasteiger partial charge in [-0.2, -0.15) is 0 Å². The Labute approximate surface area is 124 Å². The van der Waals surface area contributed by atoms with E-state index in [1.807, 2.05) is 19.2 Å². The largest absolute Gasteiger partial charge is 0.496 e. The molecular formula is C17H30N2O. The Hall–Kier alpha value is -1.06. The Morgan fingerprint density at radius 1 is 1.20 bits per heavy atom. The Balaban J connectivity index is 2.35. The minimum atomic E-state index is 0.538. The van der Waals surface area contributed by atoms with E-state index < -0.39 is 0 Å². The van der Waals surface area contributed by atoms with Gasteiger partial charge in [-0.15, -0.1) is 0 Å². The van der Waals surface area contributed by atoms with Crippen molar-refractivity contribution in [1.82, 2.24) is 10.2 Å². The van der Waals surface area contributed by atoms with Crippen molar-refractivity contribution in [3.63, 3.8) is 0 Å². The van der Waals surface area contributed by atoms with Gasteiger partial charge in [0.2, 0.25) is 0 Å². The molecule has 0 aromatic heterocycles. The molecule has 3 heteroatoms. The number of methoxy groups -OCH3 is 1. The Kier molecular flexibility index (Phi) is 8.31. The third-order valence-corrected chi connectivity index (χ3v) is 3.90. The number of unbranched alkanes of at least 4 members (excludes halogenated alkanes) is 2. The van der Waals surface area contributed by atoms with Gasteiger partial charge in [-0.05, 0) is 65.0 Å². The molecule has 0 aliphatic heterocycles. The molecule has 0 saturated carbocycles. The fourth-order valence-corrected chi connectivity index (χ4v) is 2.41. The van der Waals surface area contributed by atoms with Crippen molar-refractivity contribution in [2.24, 2.45) is 0 Å². The average molecular weight is 278 g/mol. The molecular weight excluding hydrogens is 248 g/mol. The second-order valence-corrected chi connectivity index (χ2v) is 5.51. The summed E-state index contributed by atoms with van der Waals surface area (Å²) in [5, 5.41) is 3.20. The maximum absolute atomic E-state index is 5.43. The number of hydrogen-bond acceptors (Lipinski definition) is 3. The number of para-hydroxylation sites is 1. The minimum Gasteiger partial charge on any atom is -0.496 e. The molecule has 0 aliphatic carbocycles. The summed E-state index contributed by atoms with van der Waals surface area (Å²) >= 11 is 0. The van der Waals surface area contributed by atoms with Crippen LogP contribution in [0.2, 0.25) is 0 Å². The van der Waals surface area contributed by atoms with Crippen LogP contribution in [-0.2, 0) is 6.42 Å². The van der Waals surface area contributed by atoms with Crippen LogP contribution in [0.5, 0.6) is 5.75 Å². The fourth-order valence-electron chi connectivity index (χ4n) is 2.41. The van der Waals surface area contributed by atoms with Gasteiger partial charge in [0.15, 0.2) is 0 Å². The number of ether oxygens (including phenoxy) is 1. The lowest BCUT2D eigenvalue weighted by Crippen LogP contribution is -2.31. The zero-order valence-corrected chi connectivity index (χ0v) is 13.5. The van der Waals surface area contributed by atoms with Crippen molar-refractivity contribution in [3.05, 3.63) is 29.8 Å². The highest BCUT2D eigenvalue weighted by Crippen LogP contribution is 2.20. The Bertz CT molecular complexity index is 368. The Morgan fingerprint density at radius 2 is 1.95 bits per heavy atom. The van der Waals surface area contributed by atoms with Crippen LogP contribution in [-0.4, -0.2) is 45.2 Å². The molecule has 0 spiro atoms. The van der Waals surface area contributed by atoms with Gasteiger partial charge < -0.3 is 15.0 Å². The number of rotatable bonds is 10. The molecule has 1 unspecified atom stereocenters. The van der Waals surface area contributed by atoms with E-state index in [1.54, 1.807) is 7.11 Å². The van der Waals surface area contributed by atoms with Crippen molar-refractivity contribution in [3.8, 4) is 5.75 Å². The SMILES string of the molecule is CNCCCCCN(C)C(C)Cc1ccccc1OC. The van der Waals surface area contributed by atoms with Gasteiger partial charge in [0.05, 0.1) is 7.11 Å². The van der Waals surface area contributed by atoms with Crippen LogP contribution in [0.25, 0.3) is 0 Å². The monoisotopic (exact) mass is 278 g/mol. The molecule has 1 aromatic rings. The lowest BCUT2D eigenvalue weighted by Gasteiger charge is -2.25. The average Bonchev–Trinajstić information content (AvgIpc) is 2.47. The lowest BCUT2D eigenvalue weighted by molar-refractivity contribution is 0.249. The van der Waals surface area contributed by atoms with Gasteiger partial charge in [0, 0.05) is 6.04 Å². The molecule has 0 radical (unpaired) electrons. The maximum atomic E-state index is 5.43. The maximum Gasteiger partial charge on any atom is 0.122 e. The summed E-state index contributed by atoms with van der Waals surface area (Å²) in [6.45, 7) is 4.58. The summed E-state index contributed by atoms with van der Waals surface area (Å²) in [6, 6.07) is 8.85. The van der Waals surface area contributed by atoms with Gasteiger partial charge in [-0.25, -0.2) is 0 Å². The highest BCUT2D eigenvalue weighted by atomic mass is 16.5. The highest BCUT2D eigenvalue weighted by molar-refractivity contribution is 5.33. The van der Waals surface area contributed by atoms with Crippen molar-refractivity contribution < 1.29 is 4.74 Å². The summed E-state index contributed by atoms with van der Waals surface area (Å²) in [4.78, 5) is 2.45. The van der Waals surface area contributed by atoms with Crippen molar-refractivity contribution >= 4 is 0 Å². The van der Waals surface area contributed by atoms with Crippen molar-refractivity contribution in [1.29, 1.82) is 0 Å². The molecule has 0 amide bonds. The molecule has 0 heterocycles. The van der Waals surface area contributed by atoms with E-state index in [0.717, 1.165) is 18.7 Å². The number of nitrogens with one attached hydrogen (secondary N) is 1. The van der Waals surface area contributed by atoms with Crippen LogP contribution in [0, 0.1) is 0 Å². The van der Waals surface area contributed by atoms with E-state index >= 15 is 0 Å². The molecule has 1 atom stereocenters. The summed E-state index contributed by atoms with van der Waals surface area (Å²) in [6.07, 6.45) is 4.88. The second-order valence-electron chi connectivity index (χ2n) is 5.51. The van der Waals surface area contributed by atoms with E-state index in [9.17, 15) is 0 Å². The van der Waals surface area contributed by atoms with E-state index in [0.29, 0.717) is 6.04 Å². The number of nitrogens with zero attached hydrogens (tertiary/aromatic N) is 1. The smallest absolute Gasteiger partial charge is 0.122 e. The number of benzene rings is 1. The predicted molar refractivity (Wildman–Crippen MR) is 86.6 cm³/mol. The van der Waals surface area contributed by atoms with Gasteiger partial charge in [0.1, 0.15) is 5.75 Å². The third-order valence-electron chi connectivity index (χ3n) is 3.90. The van der Waals surface area contributed by atoms with Crippen LogP contribution in [0.15, 0.2) is 24.3 Å². The molecule has 0 aliphatic rings. The molecule has 114 valence electrons. The highest BCUT2D eigenvalue weighted by Gasteiger charge is 2.12. The summed E-state index contributed by atoms with van der Waals surface area (Å²) in [7, 11) is 5.98. The van der Waals surface area contributed by atoms with Gasteiger partial charge in [0.25, 0.3) is 0 Å². The van der Waals surface area contributed by atoms with Crippen LogP contribution in [0.3, 0.4) is 0 Å². The molecule has 1 N–H and O–H groups in total. The van der Waals surface area contributed by atoms with E-state index in [-0.39, 0.29) is 0 Å². The van der Waals surface area contributed by atoms with Crippen LogP contribution >= 0.6 is 0 Å². The molecule has 1 aromatic carbocycles. The summed E-state index contributed by atoms with van der Waals surface area (Å²) in [5.41, 5.74) is 1.30. The lowest BCUT2D eigenvalue weighted by atomic mass is 10.0. The third kappa shape index (κ3) is 5.93. The van der Waals surface area contributed by atoms with E-state index in [1.165, 1.54) is 31.4 Å².